The maximum atomic E-state index is 13.0. The fourth-order valence-corrected chi connectivity index (χ4v) is 5.19. The molecule has 0 unspecified atom stereocenters. The van der Waals surface area contributed by atoms with E-state index in [0.29, 0.717) is 15.7 Å². The minimum atomic E-state index is -0.490. The fraction of sp³-hybridized carbons (Fsp3) is 0.192. The molecule has 2 heterocycles. The van der Waals surface area contributed by atoms with E-state index in [2.05, 4.69) is 5.32 Å². The normalized spacial score (nSPS) is 14.8. The van der Waals surface area contributed by atoms with Crippen LogP contribution in [0.25, 0.3) is 11.8 Å². The SMILES string of the molecule is Cc1cccc(C)c1NC(=O)CN1C(=O)S/C(=C\c2cc(C)n(-c3ccc(Cl)c(Cl)c3)c2C)C1=O. The van der Waals surface area contributed by atoms with Crippen molar-refractivity contribution >= 4 is 63.8 Å². The Balaban J connectivity index is 1.55. The van der Waals surface area contributed by atoms with Gasteiger partial charge in [-0.25, -0.2) is 0 Å². The first-order valence-electron chi connectivity index (χ1n) is 10.8. The van der Waals surface area contributed by atoms with Crippen LogP contribution in [0, 0.1) is 27.7 Å². The summed E-state index contributed by atoms with van der Waals surface area (Å²) >= 11 is 13.1. The highest BCUT2D eigenvalue weighted by molar-refractivity contribution is 8.18. The molecule has 0 spiro atoms. The molecule has 1 fully saturated rings. The van der Waals surface area contributed by atoms with Crippen molar-refractivity contribution in [3.8, 4) is 5.69 Å². The van der Waals surface area contributed by atoms with Crippen LogP contribution in [0.4, 0.5) is 10.5 Å². The molecule has 1 aliphatic rings. The van der Waals surface area contributed by atoms with E-state index in [1.807, 2.05) is 62.6 Å². The lowest BCUT2D eigenvalue weighted by Gasteiger charge is -2.15. The topological polar surface area (TPSA) is 71.4 Å². The number of imide groups is 1. The quantitative estimate of drug-likeness (QED) is 0.375. The summed E-state index contributed by atoms with van der Waals surface area (Å²) in [5.74, 6) is -0.917. The molecular weight excluding hydrogens is 505 g/mol. The third kappa shape index (κ3) is 5.03. The Hall–Kier alpha value is -3.00. The summed E-state index contributed by atoms with van der Waals surface area (Å²) in [4.78, 5) is 39.4. The lowest BCUT2D eigenvalue weighted by Crippen LogP contribution is -2.36. The van der Waals surface area contributed by atoms with E-state index in [1.165, 1.54) is 0 Å². The predicted molar refractivity (Wildman–Crippen MR) is 142 cm³/mol. The van der Waals surface area contributed by atoms with Gasteiger partial charge >= 0.3 is 0 Å². The highest BCUT2D eigenvalue weighted by Crippen LogP contribution is 2.34. The van der Waals surface area contributed by atoms with Crippen molar-refractivity contribution in [2.24, 2.45) is 0 Å². The zero-order chi connectivity index (χ0) is 25.4. The van der Waals surface area contributed by atoms with Crippen LogP contribution in [0.5, 0.6) is 0 Å². The molecule has 0 aliphatic carbocycles. The molecule has 3 amide bonds. The minimum absolute atomic E-state index is 0.268. The highest BCUT2D eigenvalue weighted by atomic mass is 35.5. The molecule has 0 atom stereocenters. The van der Waals surface area contributed by atoms with Gasteiger partial charge in [-0.1, -0.05) is 41.4 Å². The van der Waals surface area contributed by atoms with Gasteiger partial charge in [-0.3, -0.25) is 19.3 Å². The Kier molecular flexibility index (Phi) is 7.12. The lowest BCUT2D eigenvalue weighted by molar-refractivity contribution is -0.127. The number of para-hydroxylation sites is 1. The van der Waals surface area contributed by atoms with Crippen molar-refractivity contribution in [3.63, 3.8) is 0 Å². The Morgan fingerprint density at radius 3 is 2.34 bits per heavy atom. The van der Waals surface area contributed by atoms with Crippen LogP contribution in [-0.2, 0) is 9.59 Å². The molecule has 1 saturated heterocycles. The lowest BCUT2D eigenvalue weighted by atomic mass is 10.1. The molecule has 1 N–H and O–H groups in total. The van der Waals surface area contributed by atoms with Crippen molar-refractivity contribution < 1.29 is 14.4 Å². The molecule has 1 aliphatic heterocycles. The van der Waals surface area contributed by atoms with Gasteiger partial charge in [0.15, 0.2) is 0 Å². The molecule has 0 radical (unpaired) electrons. The number of aromatic nitrogens is 1. The van der Waals surface area contributed by atoms with Crippen molar-refractivity contribution in [1.82, 2.24) is 9.47 Å². The van der Waals surface area contributed by atoms with E-state index in [1.54, 1.807) is 18.2 Å². The Labute approximate surface area is 217 Å². The van der Waals surface area contributed by atoms with Gasteiger partial charge in [0, 0.05) is 22.8 Å². The summed E-state index contributed by atoms with van der Waals surface area (Å²) < 4.78 is 2.00. The summed E-state index contributed by atoms with van der Waals surface area (Å²) in [6.07, 6.45) is 1.69. The number of amides is 3. The van der Waals surface area contributed by atoms with E-state index >= 15 is 0 Å². The van der Waals surface area contributed by atoms with E-state index in [-0.39, 0.29) is 11.4 Å². The van der Waals surface area contributed by atoms with Crippen molar-refractivity contribution in [3.05, 3.63) is 85.5 Å². The number of thioether (sulfide) groups is 1. The molecule has 9 heteroatoms. The smallest absolute Gasteiger partial charge is 0.294 e. The Morgan fingerprint density at radius 1 is 1.00 bits per heavy atom. The first-order valence-corrected chi connectivity index (χ1v) is 12.4. The second-order valence-electron chi connectivity index (χ2n) is 8.34. The predicted octanol–water partition coefficient (Wildman–Crippen LogP) is 6.69. The van der Waals surface area contributed by atoms with Crippen LogP contribution in [-0.4, -0.2) is 33.1 Å². The van der Waals surface area contributed by atoms with Gasteiger partial charge in [-0.05, 0) is 86.5 Å². The second kappa shape index (κ2) is 9.93. The maximum Gasteiger partial charge on any atom is 0.294 e. The average molecular weight is 528 g/mol. The molecular formula is C26H23Cl2N3O3S. The van der Waals surface area contributed by atoms with Gasteiger partial charge in [0.25, 0.3) is 11.1 Å². The van der Waals surface area contributed by atoms with Crippen LogP contribution < -0.4 is 5.32 Å². The van der Waals surface area contributed by atoms with Crippen LogP contribution in [0.15, 0.2) is 47.4 Å². The molecule has 0 saturated carbocycles. The first kappa shape index (κ1) is 25.1. The van der Waals surface area contributed by atoms with Gasteiger partial charge < -0.3 is 9.88 Å². The Bertz CT molecular complexity index is 1390. The second-order valence-corrected chi connectivity index (χ2v) is 10.2. The summed E-state index contributed by atoms with van der Waals surface area (Å²) in [5, 5.41) is 3.25. The molecule has 6 nitrogen and oxygen atoms in total. The number of nitrogens with zero attached hydrogens (tertiary/aromatic N) is 2. The molecule has 35 heavy (non-hydrogen) atoms. The van der Waals surface area contributed by atoms with Gasteiger partial charge in [-0.2, -0.15) is 0 Å². The fourth-order valence-electron chi connectivity index (χ4n) is 4.07. The van der Waals surface area contributed by atoms with Gasteiger partial charge in [-0.15, -0.1) is 0 Å². The number of aryl methyl sites for hydroxylation is 3. The number of anilines is 1. The number of hydrogen-bond acceptors (Lipinski definition) is 4. The summed E-state index contributed by atoms with van der Waals surface area (Å²) in [6.45, 7) is 7.29. The van der Waals surface area contributed by atoms with Crippen molar-refractivity contribution in [2.75, 3.05) is 11.9 Å². The molecule has 3 aromatic rings. The molecule has 0 bridgehead atoms. The number of halogens is 2. The van der Waals surface area contributed by atoms with Gasteiger partial charge in [0.2, 0.25) is 5.91 Å². The minimum Gasteiger partial charge on any atom is -0.324 e. The highest BCUT2D eigenvalue weighted by Gasteiger charge is 2.36. The van der Waals surface area contributed by atoms with Crippen LogP contribution in [0.2, 0.25) is 10.0 Å². The van der Waals surface area contributed by atoms with E-state index in [9.17, 15) is 14.4 Å². The average Bonchev–Trinajstić information content (AvgIpc) is 3.22. The van der Waals surface area contributed by atoms with E-state index in [0.717, 1.165) is 50.4 Å². The van der Waals surface area contributed by atoms with Crippen LogP contribution in [0.3, 0.4) is 0 Å². The number of benzene rings is 2. The molecule has 2 aromatic carbocycles. The monoisotopic (exact) mass is 527 g/mol. The molecule has 180 valence electrons. The van der Waals surface area contributed by atoms with Crippen LogP contribution >= 0.6 is 35.0 Å². The summed E-state index contributed by atoms with van der Waals surface area (Å²) in [7, 11) is 0. The number of hydrogen-bond donors (Lipinski definition) is 1. The molecule has 1 aromatic heterocycles. The largest absolute Gasteiger partial charge is 0.324 e. The van der Waals surface area contributed by atoms with Crippen molar-refractivity contribution in [1.29, 1.82) is 0 Å². The van der Waals surface area contributed by atoms with Gasteiger partial charge in [0.1, 0.15) is 6.54 Å². The standard InChI is InChI=1S/C26H23Cl2N3O3S/c1-14-6-5-7-15(2)24(14)29-23(32)13-30-25(33)22(35-26(30)34)11-18-10-16(3)31(17(18)4)19-8-9-20(27)21(28)12-19/h5-12H,13H2,1-4H3,(H,29,32)/b22-11-. The van der Waals surface area contributed by atoms with E-state index < -0.39 is 17.1 Å². The van der Waals surface area contributed by atoms with Gasteiger partial charge in [0.05, 0.1) is 15.0 Å². The number of rotatable bonds is 5. The number of nitrogens with one attached hydrogen (secondary N) is 1. The third-order valence-electron chi connectivity index (χ3n) is 5.84. The van der Waals surface area contributed by atoms with E-state index in [4.69, 9.17) is 23.2 Å². The third-order valence-corrected chi connectivity index (χ3v) is 7.49. The Morgan fingerprint density at radius 2 is 1.69 bits per heavy atom. The number of carbonyl (C=O) groups excluding carboxylic acids is 3. The zero-order valence-electron chi connectivity index (χ0n) is 19.6. The van der Waals surface area contributed by atoms with Crippen LogP contribution in [0.1, 0.15) is 28.1 Å². The first-order chi connectivity index (χ1) is 16.6. The molecule has 4 rings (SSSR count). The zero-order valence-corrected chi connectivity index (χ0v) is 21.9. The summed E-state index contributed by atoms with van der Waals surface area (Å²) in [5.41, 5.74) is 5.94. The number of carbonyl (C=O) groups is 3. The van der Waals surface area contributed by atoms with Crippen molar-refractivity contribution in [2.45, 2.75) is 27.7 Å². The summed E-state index contributed by atoms with van der Waals surface area (Å²) in [6, 6.07) is 13.0. The maximum absolute atomic E-state index is 13.0.